The number of hydrogen-bond acceptors (Lipinski definition) is 0. The number of benzene rings is 2. The Hall–Kier alpha value is -1.07. The highest BCUT2D eigenvalue weighted by Crippen LogP contribution is 2.26. The van der Waals surface area contributed by atoms with Gasteiger partial charge in [-0.05, 0) is 24.3 Å². The maximum atomic E-state index is 6.22. The summed E-state index contributed by atoms with van der Waals surface area (Å²) in [5.74, 6) is 0. The van der Waals surface area contributed by atoms with Crippen LogP contribution in [-0.4, -0.2) is 7.57 Å². The third-order valence-electron chi connectivity index (χ3n) is 2.17. The average Bonchev–Trinajstić information content (AvgIpc) is 2.30. The first-order valence-electron chi connectivity index (χ1n) is 4.61. The molecule has 0 aliphatic rings. The van der Waals surface area contributed by atoms with Crippen molar-refractivity contribution in [2.75, 3.05) is 0 Å². The van der Waals surface area contributed by atoms with Crippen molar-refractivity contribution >= 4 is 26.0 Å². The fraction of sp³-hybridized carbons (Fsp3) is 0. The normalized spacial score (nSPS) is 10.4. The predicted octanol–water partition coefficient (Wildman–Crippen LogP) is 1.94. The van der Waals surface area contributed by atoms with Gasteiger partial charge in [-0.3, -0.25) is 0 Å². The van der Waals surface area contributed by atoms with E-state index in [0.717, 1.165) is 0 Å². The second-order valence-electron chi connectivity index (χ2n) is 3.15. The van der Waals surface area contributed by atoms with Crippen LogP contribution in [0.15, 0.2) is 60.7 Å². The summed E-state index contributed by atoms with van der Waals surface area (Å²) in [4.78, 5) is 0. The van der Waals surface area contributed by atoms with E-state index < -0.39 is 7.80 Å². The Morgan fingerprint density at radius 3 is 1.36 bits per heavy atom. The van der Waals surface area contributed by atoms with Crippen LogP contribution in [-0.2, 0) is 0 Å². The van der Waals surface area contributed by atoms with Gasteiger partial charge in [-0.15, -0.1) is 0 Å². The van der Waals surface area contributed by atoms with E-state index in [9.17, 15) is 0 Å². The lowest BCUT2D eigenvalue weighted by atomic mass is 10.4. The molecule has 0 aliphatic heterocycles. The molecule has 0 atom stereocenters. The van der Waals surface area contributed by atoms with Crippen LogP contribution in [0.2, 0.25) is 0 Å². The van der Waals surface area contributed by atoms with E-state index in [1.807, 2.05) is 36.4 Å². The molecule has 2 heteroatoms. The van der Waals surface area contributed by atoms with Gasteiger partial charge in [-0.1, -0.05) is 36.4 Å². The van der Waals surface area contributed by atoms with Crippen LogP contribution in [0.1, 0.15) is 0 Å². The molecule has 0 spiro atoms. The fourth-order valence-electron chi connectivity index (χ4n) is 1.40. The molecule has 0 aliphatic carbocycles. The molecule has 0 bridgehead atoms. The molecule has 2 aromatic rings. The summed E-state index contributed by atoms with van der Waals surface area (Å²) in [5, 5.41) is 2.51. The van der Waals surface area contributed by atoms with Gasteiger partial charge in [0, 0.05) is 7.80 Å². The Labute approximate surface area is 87.1 Å². The molecule has 66 valence electrons. The minimum atomic E-state index is -1.04. The molecular weight excluding hydrogens is 186 g/mol. The van der Waals surface area contributed by atoms with Crippen molar-refractivity contribution in [1.82, 2.24) is 0 Å². The highest BCUT2D eigenvalue weighted by atomic mass is 31.1. The smallest absolute Gasteiger partial charge is 0.0620 e. The monoisotopic (exact) mass is 197 g/mol. The molecule has 0 amide bonds. The molecule has 2 rings (SSSR count). The summed E-state index contributed by atoms with van der Waals surface area (Å²) in [6.07, 6.45) is 0. The maximum absolute atomic E-state index is 6.22. The molecule has 0 heterocycles. The highest BCUT2D eigenvalue weighted by molar-refractivity contribution is 7.94. The van der Waals surface area contributed by atoms with Gasteiger partial charge in [0.15, 0.2) is 0 Å². The van der Waals surface area contributed by atoms with Crippen LogP contribution >= 0.6 is 7.80 Å². The van der Waals surface area contributed by atoms with Gasteiger partial charge in [-0.25, -0.2) is 0 Å². The van der Waals surface area contributed by atoms with Crippen LogP contribution in [0.3, 0.4) is 0 Å². The van der Waals surface area contributed by atoms with Crippen molar-refractivity contribution in [3.8, 4) is 0 Å². The SMILES string of the molecule is [B][PH+](c1ccccc1)c1ccccc1. The molecule has 0 fully saturated rings. The van der Waals surface area contributed by atoms with Gasteiger partial charge in [0.2, 0.25) is 0 Å². The largest absolute Gasteiger partial charge is 0.374 e. The van der Waals surface area contributed by atoms with Crippen molar-refractivity contribution in [2.24, 2.45) is 0 Å². The number of hydrogen-bond donors (Lipinski definition) is 0. The van der Waals surface area contributed by atoms with Gasteiger partial charge < -0.3 is 0 Å². The zero-order valence-corrected chi connectivity index (χ0v) is 8.85. The summed E-state index contributed by atoms with van der Waals surface area (Å²) in [7, 11) is 5.17. The van der Waals surface area contributed by atoms with Crippen LogP contribution in [0.5, 0.6) is 0 Å². The van der Waals surface area contributed by atoms with E-state index in [0.29, 0.717) is 0 Å². The summed E-state index contributed by atoms with van der Waals surface area (Å²) in [6, 6.07) is 20.6. The highest BCUT2D eigenvalue weighted by Gasteiger charge is 2.14. The quantitative estimate of drug-likeness (QED) is 0.509. The fourth-order valence-corrected chi connectivity index (χ4v) is 2.84. The van der Waals surface area contributed by atoms with E-state index in [4.69, 9.17) is 7.57 Å². The third kappa shape index (κ3) is 2.05. The minimum Gasteiger partial charge on any atom is -0.0620 e. The van der Waals surface area contributed by atoms with Gasteiger partial charge in [0.1, 0.15) is 0 Å². The summed E-state index contributed by atoms with van der Waals surface area (Å²) in [6.45, 7) is 0. The Morgan fingerprint density at radius 2 is 1.00 bits per heavy atom. The molecule has 0 saturated heterocycles. The molecule has 2 radical (unpaired) electrons. The van der Waals surface area contributed by atoms with Crippen molar-refractivity contribution in [3.05, 3.63) is 60.7 Å². The molecule has 0 saturated carbocycles. The Morgan fingerprint density at radius 1 is 0.643 bits per heavy atom. The molecule has 2 aromatic carbocycles. The average molecular weight is 197 g/mol. The maximum Gasteiger partial charge on any atom is 0.374 e. The lowest BCUT2D eigenvalue weighted by Crippen LogP contribution is -2.10. The van der Waals surface area contributed by atoms with Gasteiger partial charge in [0.25, 0.3) is 0 Å². The first-order valence-corrected chi connectivity index (χ1v) is 6.19. The molecule has 0 unspecified atom stereocenters. The van der Waals surface area contributed by atoms with Crippen LogP contribution < -0.4 is 10.6 Å². The van der Waals surface area contributed by atoms with E-state index >= 15 is 0 Å². The van der Waals surface area contributed by atoms with Gasteiger partial charge in [-0.2, -0.15) is 0 Å². The summed E-state index contributed by atoms with van der Waals surface area (Å²) >= 11 is 0. The van der Waals surface area contributed by atoms with Gasteiger partial charge >= 0.3 is 7.57 Å². The molecule has 0 N–H and O–H groups in total. The van der Waals surface area contributed by atoms with E-state index in [-0.39, 0.29) is 0 Å². The van der Waals surface area contributed by atoms with E-state index in [2.05, 4.69) is 24.3 Å². The Balaban J connectivity index is 2.30. The predicted molar refractivity (Wildman–Crippen MR) is 66.2 cm³/mol. The zero-order valence-electron chi connectivity index (χ0n) is 7.85. The lowest BCUT2D eigenvalue weighted by molar-refractivity contribution is 1.76. The second kappa shape index (κ2) is 4.44. The molecule has 14 heavy (non-hydrogen) atoms. The van der Waals surface area contributed by atoms with E-state index in [1.54, 1.807) is 0 Å². The van der Waals surface area contributed by atoms with Crippen LogP contribution in [0, 0.1) is 0 Å². The van der Waals surface area contributed by atoms with Crippen molar-refractivity contribution in [2.45, 2.75) is 0 Å². The van der Waals surface area contributed by atoms with E-state index in [1.165, 1.54) is 10.6 Å². The lowest BCUT2D eigenvalue weighted by Gasteiger charge is -2.03. The number of rotatable bonds is 2. The summed E-state index contributed by atoms with van der Waals surface area (Å²) in [5.41, 5.74) is 0. The third-order valence-corrected chi connectivity index (χ3v) is 4.08. The topological polar surface area (TPSA) is 0 Å². The minimum absolute atomic E-state index is 1.04. The zero-order chi connectivity index (χ0) is 9.80. The van der Waals surface area contributed by atoms with Crippen molar-refractivity contribution in [3.63, 3.8) is 0 Å². The Bertz CT molecular complexity index is 346. The van der Waals surface area contributed by atoms with Gasteiger partial charge in [0.05, 0.1) is 10.6 Å². The first kappa shape index (κ1) is 9.49. The first-order chi connectivity index (χ1) is 6.88. The Kier molecular flexibility index (Phi) is 3.01. The van der Waals surface area contributed by atoms with Crippen LogP contribution in [0.25, 0.3) is 0 Å². The van der Waals surface area contributed by atoms with Crippen LogP contribution in [0.4, 0.5) is 0 Å². The summed E-state index contributed by atoms with van der Waals surface area (Å²) < 4.78 is 0. The van der Waals surface area contributed by atoms with Crippen molar-refractivity contribution < 1.29 is 0 Å². The molecular formula is C12H11BP+. The molecule has 0 nitrogen and oxygen atoms in total. The second-order valence-corrected chi connectivity index (χ2v) is 5.13. The standard InChI is InChI=1S/C12H11BP/c13-14(11-7-3-1-4-8-11)12-9-5-2-6-10-12/h1-10,14H/q+1. The molecule has 0 aromatic heterocycles. The van der Waals surface area contributed by atoms with Crippen molar-refractivity contribution in [1.29, 1.82) is 0 Å².